The number of carbonyl (C=O) groups is 1. The van der Waals surface area contributed by atoms with Gasteiger partial charge in [-0.25, -0.2) is 21.2 Å². The second kappa shape index (κ2) is 25.4. The average Bonchev–Trinajstić information content (AvgIpc) is 3.99. The van der Waals surface area contributed by atoms with Crippen molar-refractivity contribution in [2.24, 2.45) is 5.92 Å². The highest BCUT2D eigenvalue weighted by Crippen LogP contribution is 2.45. The predicted octanol–water partition coefficient (Wildman–Crippen LogP) is 11.4. The smallest absolute Gasteiger partial charge is 0.325 e. The first-order chi connectivity index (χ1) is 37.0. The summed E-state index contributed by atoms with van der Waals surface area (Å²) < 4.78 is 91.7. The van der Waals surface area contributed by atoms with Crippen molar-refractivity contribution in [3.63, 3.8) is 0 Å². The topological polar surface area (TPSA) is 191 Å². The molecule has 420 valence electrons. The van der Waals surface area contributed by atoms with E-state index in [4.69, 9.17) is 26.1 Å². The van der Waals surface area contributed by atoms with Crippen LogP contribution in [0.25, 0.3) is 22.4 Å². The number of thioether (sulfide) groups is 1. The average molecular weight is 1170 g/mol. The van der Waals surface area contributed by atoms with Gasteiger partial charge in [0.25, 0.3) is 10.0 Å². The van der Waals surface area contributed by atoms with Crippen LogP contribution < -0.4 is 19.8 Å². The standard InChI is InChI=1S/C57H69ClFN6O9PS3.H2/c1-39(2)65-41(4)56(77(5,70)71)54(55(65)42-12-14-45(58)15-13-42)44-35-46(59)37-50(36-44)64-30-28-63(29-31-64)49-18-16-47(17-19-49)61-78(72,73)52-20-21-53(40(3)34-52)60-48(38-76-51-10-7-6-8-11-51)24-27-62-25-22-43(23-26-62)57(66)74-32-9-33-75(67,68)69;/h6-8,10-21,34-37,39,43,48,60-61H,9,22-33,38H2,1-5H3,(H2,67,68,69);1H/t48-;/m1./s1. The number of likely N-dealkylation sites (tertiary alicyclic amines) is 1. The quantitative estimate of drug-likeness (QED) is 0.0217. The molecule has 0 bridgehead atoms. The summed E-state index contributed by atoms with van der Waals surface area (Å²) in [5.74, 6) is -0.282. The Morgan fingerprint density at radius 3 is 2.12 bits per heavy atom. The van der Waals surface area contributed by atoms with Gasteiger partial charge in [0.2, 0.25) is 0 Å². The van der Waals surface area contributed by atoms with Crippen molar-refractivity contribution in [2.45, 2.75) is 80.1 Å². The highest BCUT2D eigenvalue weighted by molar-refractivity contribution is 7.99. The normalized spacial score (nSPS) is 15.4. The summed E-state index contributed by atoms with van der Waals surface area (Å²) in [5.41, 5.74) is 6.48. The lowest BCUT2D eigenvalue weighted by atomic mass is 9.96. The number of carbonyl (C=O) groups excluding carboxylic acids is 1. The van der Waals surface area contributed by atoms with E-state index in [0.717, 1.165) is 59.2 Å². The molecule has 1 aromatic heterocycles. The number of hydrogen-bond donors (Lipinski definition) is 4. The molecule has 8 rings (SSSR count). The number of benzene rings is 5. The summed E-state index contributed by atoms with van der Waals surface area (Å²) in [5, 5.41) is 4.24. The van der Waals surface area contributed by atoms with Crippen LogP contribution in [0.15, 0.2) is 130 Å². The fourth-order valence-corrected chi connectivity index (χ4v) is 14.4. The van der Waals surface area contributed by atoms with Crippen molar-refractivity contribution in [3.8, 4) is 22.4 Å². The summed E-state index contributed by atoms with van der Waals surface area (Å²) >= 11 is 8.01. The Hall–Kier alpha value is -5.37. The zero-order chi connectivity index (χ0) is 55.9. The Kier molecular flexibility index (Phi) is 19.1. The third-order valence-electron chi connectivity index (χ3n) is 14.3. The molecule has 6 aromatic rings. The summed E-state index contributed by atoms with van der Waals surface area (Å²) in [6.45, 7) is 12.2. The molecule has 0 aliphatic carbocycles. The van der Waals surface area contributed by atoms with E-state index in [2.05, 4.69) is 36.9 Å². The largest absolute Gasteiger partial charge is 0.465 e. The monoisotopic (exact) mass is 1160 g/mol. The minimum absolute atomic E-state index is 0. The lowest BCUT2D eigenvalue weighted by Crippen LogP contribution is -2.46. The minimum atomic E-state index is -4.13. The van der Waals surface area contributed by atoms with Crippen LogP contribution in [0.1, 0.15) is 58.3 Å². The zero-order valence-electron chi connectivity index (χ0n) is 44.6. The number of aromatic nitrogens is 1. The molecule has 0 spiro atoms. The van der Waals surface area contributed by atoms with Crippen LogP contribution in [-0.2, 0) is 34.0 Å². The molecule has 2 fully saturated rings. The fraction of sp³-hybridized carbons (Fsp3) is 0.386. The maximum atomic E-state index is 15.8. The molecular formula is C57H71ClFN6O9PS3. The van der Waals surface area contributed by atoms with Crippen LogP contribution in [0, 0.1) is 25.6 Å². The molecule has 21 heteroatoms. The number of rotatable bonds is 22. The van der Waals surface area contributed by atoms with E-state index in [1.165, 1.54) is 18.4 Å². The van der Waals surface area contributed by atoms with Crippen molar-refractivity contribution in [1.29, 1.82) is 0 Å². The van der Waals surface area contributed by atoms with Crippen molar-refractivity contribution in [2.75, 3.05) is 90.4 Å². The van der Waals surface area contributed by atoms with Gasteiger partial charge in [0.05, 0.1) is 34.2 Å². The molecule has 2 aliphatic rings. The molecule has 0 unspecified atom stereocenters. The first-order valence-electron chi connectivity index (χ1n) is 26.2. The number of piperidine rings is 1. The molecule has 0 radical (unpaired) electrons. The summed E-state index contributed by atoms with van der Waals surface area (Å²) in [6, 6.07) is 34.4. The lowest BCUT2D eigenvalue weighted by Gasteiger charge is -2.37. The van der Waals surface area contributed by atoms with Gasteiger partial charge in [-0.2, -0.15) is 0 Å². The maximum absolute atomic E-state index is 15.8. The van der Waals surface area contributed by atoms with Crippen molar-refractivity contribution in [1.82, 2.24) is 9.47 Å². The van der Waals surface area contributed by atoms with Crippen LogP contribution in [-0.4, -0.2) is 119 Å². The zero-order valence-corrected chi connectivity index (χ0v) is 48.7. The van der Waals surface area contributed by atoms with E-state index in [9.17, 15) is 26.2 Å². The maximum Gasteiger partial charge on any atom is 0.325 e. The Labute approximate surface area is 469 Å². The number of anilines is 4. The number of sulfonamides is 1. The molecule has 3 heterocycles. The van der Waals surface area contributed by atoms with Gasteiger partial charge in [-0.15, -0.1) is 11.8 Å². The minimum Gasteiger partial charge on any atom is -0.465 e. The van der Waals surface area contributed by atoms with E-state index < -0.39 is 33.3 Å². The highest BCUT2D eigenvalue weighted by atomic mass is 35.5. The van der Waals surface area contributed by atoms with Crippen LogP contribution in [0.3, 0.4) is 0 Å². The summed E-state index contributed by atoms with van der Waals surface area (Å²) in [4.78, 5) is 38.8. The number of ether oxygens (including phenoxy) is 1. The summed E-state index contributed by atoms with van der Waals surface area (Å²) in [6.07, 6.45) is 3.08. The molecule has 2 aliphatic heterocycles. The third-order valence-corrected chi connectivity index (χ3v) is 19.3. The van der Waals surface area contributed by atoms with E-state index in [1.807, 2.05) is 79.9 Å². The Balaban J connectivity index is 0.00000903. The number of nitrogens with one attached hydrogen (secondary N) is 2. The van der Waals surface area contributed by atoms with E-state index in [1.54, 1.807) is 55.1 Å². The summed E-state index contributed by atoms with van der Waals surface area (Å²) in [7, 11) is -11.8. The van der Waals surface area contributed by atoms with Gasteiger partial charge >= 0.3 is 13.6 Å². The number of piperazine rings is 1. The predicted molar refractivity (Wildman–Crippen MR) is 314 cm³/mol. The highest BCUT2D eigenvalue weighted by Gasteiger charge is 2.32. The molecule has 0 amide bonds. The Morgan fingerprint density at radius 1 is 0.846 bits per heavy atom. The molecule has 5 aromatic carbocycles. The van der Waals surface area contributed by atoms with Gasteiger partial charge < -0.3 is 39.1 Å². The van der Waals surface area contributed by atoms with Gasteiger partial charge in [0.15, 0.2) is 9.84 Å². The van der Waals surface area contributed by atoms with Crippen LogP contribution in [0.4, 0.5) is 27.1 Å². The van der Waals surface area contributed by atoms with Gasteiger partial charge in [-0.3, -0.25) is 14.1 Å². The second-order valence-corrected chi connectivity index (χ2v) is 27.4. The molecule has 2 saturated heterocycles. The molecule has 4 N–H and O–H groups in total. The molecule has 0 saturated carbocycles. The first-order valence-corrected chi connectivity index (χ1v) is 32.7. The SMILES string of the molecule is Cc1cc(S(=O)(=O)Nc2ccc(N3CCN(c4cc(F)cc(-c5c(S(C)(=O)=O)c(C)n(C(C)C)c5-c5ccc(Cl)cc5)c4)CC3)cc2)ccc1N[C@H](CCN1CCC(C(=O)OCCCP(=O)(O)O)CC1)CSc1ccccc1.[HH]. The number of sulfone groups is 1. The second-order valence-electron chi connectivity index (χ2n) is 20.5. The van der Waals surface area contributed by atoms with E-state index >= 15 is 4.39 Å². The van der Waals surface area contributed by atoms with Gasteiger partial charge in [-0.1, -0.05) is 41.9 Å². The number of hydrogen-bond acceptors (Lipinski definition) is 12. The van der Waals surface area contributed by atoms with Crippen LogP contribution in [0.2, 0.25) is 5.02 Å². The van der Waals surface area contributed by atoms with Crippen LogP contribution >= 0.6 is 31.0 Å². The number of aryl methyl sites for hydroxylation is 1. The van der Waals surface area contributed by atoms with Gasteiger partial charge in [-0.05, 0) is 168 Å². The number of esters is 1. The van der Waals surface area contributed by atoms with Crippen molar-refractivity contribution >= 4 is 79.5 Å². The molecule has 78 heavy (non-hydrogen) atoms. The molecule has 15 nitrogen and oxygen atoms in total. The van der Waals surface area contributed by atoms with Crippen LogP contribution in [0.5, 0.6) is 0 Å². The van der Waals surface area contributed by atoms with Crippen molar-refractivity contribution in [3.05, 3.63) is 137 Å². The van der Waals surface area contributed by atoms with Crippen molar-refractivity contribution < 1.29 is 46.5 Å². The van der Waals surface area contributed by atoms with E-state index in [0.29, 0.717) is 77.9 Å². The Bertz CT molecular complexity index is 3340. The first kappa shape index (κ1) is 58.8. The molecular weight excluding hydrogens is 1090 g/mol. The molecule has 1 atom stereocenters. The van der Waals surface area contributed by atoms with Gasteiger partial charge in [0.1, 0.15) is 5.82 Å². The lowest BCUT2D eigenvalue weighted by molar-refractivity contribution is -0.150. The number of nitrogens with zero attached hydrogens (tertiary/aromatic N) is 4. The third kappa shape index (κ3) is 15.1. The fourth-order valence-electron chi connectivity index (χ4n) is 10.4. The number of halogens is 2. The van der Waals surface area contributed by atoms with Gasteiger partial charge in [0, 0.05) is 102 Å². The Morgan fingerprint density at radius 2 is 1.50 bits per heavy atom. The van der Waals surface area contributed by atoms with E-state index in [-0.39, 0.29) is 54.4 Å².